The summed E-state index contributed by atoms with van der Waals surface area (Å²) in [7, 11) is 0. The first-order valence-corrected chi connectivity index (χ1v) is 10.9. The van der Waals surface area contributed by atoms with Gasteiger partial charge in [-0.05, 0) is 36.8 Å². The highest BCUT2D eigenvalue weighted by atomic mass is 35.5. The highest BCUT2D eigenvalue weighted by Crippen LogP contribution is 2.30. The molecule has 2 fully saturated rings. The molecule has 0 radical (unpaired) electrons. The Balaban J connectivity index is 1.64. The van der Waals surface area contributed by atoms with E-state index < -0.39 is 17.6 Å². The van der Waals surface area contributed by atoms with Crippen molar-refractivity contribution in [1.29, 1.82) is 0 Å². The Morgan fingerprint density at radius 2 is 1.94 bits per heavy atom. The maximum absolute atomic E-state index is 14.9. The zero-order valence-corrected chi connectivity index (χ0v) is 17.9. The molecule has 4 N–H and O–H groups in total. The van der Waals surface area contributed by atoms with Crippen LogP contribution in [0.25, 0.3) is 0 Å². The Hall–Kier alpha value is -2.24. The molecule has 1 aromatic rings. The molecule has 2 aliphatic rings. The maximum Gasteiger partial charge on any atom is 0.243 e. The van der Waals surface area contributed by atoms with Gasteiger partial charge in [0.25, 0.3) is 0 Å². The molecule has 0 bridgehead atoms. The van der Waals surface area contributed by atoms with Crippen molar-refractivity contribution in [2.75, 3.05) is 30.5 Å². The quantitative estimate of drug-likeness (QED) is 0.182. The second-order valence-corrected chi connectivity index (χ2v) is 8.30. The van der Waals surface area contributed by atoms with Crippen LogP contribution in [0, 0.1) is 17.7 Å². The lowest BCUT2D eigenvalue weighted by Crippen LogP contribution is -2.41. The summed E-state index contributed by atoms with van der Waals surface area (Å²) in [5, 5.41) is 12.8. The molecule has 31 heavy (non-hydrogen) atoms. The number of amides is 2. The van der Waals surface area contributed by atoms with Crippen LogP contribution in [0.2, 0.25) is 5.28 Å². The number of hydrazine groups is 1. The number of carbonyl (C=O) groups is 2. The van der Waals surface area contributed by atoms with Crippen molar-refractivity contribution in [2.45, 2.75) is 51.0 Å². The van der Waals surface area contributed by atoms with Gasteiger partial charge in [-0.25, -0.2) is 5.06 Å². The molecule has 1 aromatic heterocycles. The van der Waals surface area contributed by atoms with Crippen molar-refractivity contribution in [3.8, 4) is 0 Å². The van der Waals surface area contributed by atoms with Crippen LogP contribution in [0.4, 0.5) is 16.0 Å². The minimum absolute atomic E-state index is 0.00803. The van der Waals surface area contributed by atoms with Gasteiger partial charge in [-0.1, -0.05) is 25.7 Å². The lowest BCUT2D eigenvalue weighted by atomic mass is 9.92. The van der Waals surface area contributed by atoms with Crippen LogP contribution in [-0.4, -0.2) is 58.4 Å². The number of nitrogens with zero attached hydrogens (tertiary/aromatic N) is 3. The van der Waals surface area contributed by atoms with Crippen LogP contribution in [0.1, 0.15) is 44.9 Å². The summed E-state index contributed by atoms with van der Waals surface area (Å²) in [6.07, 6.45) is 6.38. The summed E-state index contributed by atoms with van der Waals surface area (Å²) in [4.78, 5) is 31.2. The lowest BCUT2D eigenvalue weighted by Gasteiger charge is -2.24. The molecule has 0 aromatic carbocycles. The van der Waals surface area contributed by atoms with Crippen LogP contribution in [0.5, 0.6) is 0 Å². The Kier molecular flexibility index (Phi) is 8.61. The summed E-state index contributed by atoms with van der Waals surface area (Å²) < 4.78 is 20.2. The van der Waals surface area contributed by atoms with E-state index in [1.807, 2.05) is 0 Å². The molecule has 1 saturated heterocycles. The summed E-state index contributed by atoms with van der Waals surface area (Å²) in [5.41, 5.74) is 4.89. The minimum Gasteiger partial charge on any atom is -0.381 e. The second kappa shape index (κ2) is 11.4. The molecular weight excluding hydrogens is 431 g/mol. The number of anilines is 2. The number of hydrogen-bond acceptors (Lipinski definition) is 8. The predicted molar refractivity (Wildman–Crippen MR) is 111 cm³/mol. The van der Waals surface area contributed by atoms with E-state index >= 15 is 0 Å². The molecule has 2 heterocycles. The van der Waals surface area contributed by atoms with E-state index in [1.165, 1.54) is 0 Å². The van der Waals surface area contributed by atoms with Gasteiger partial charge in [-0.15, -0.1) is 0 Å². The normalized spacial score (nSPS) is 18.4. The first-order chi connectivity index (χ1) is 15.0. The summed E-state index contributed by atoms with van der Waals surface area (Å²) in [6.45, 7) is 0.992. The third-order valence-electron chi connectivity index (χ3n) is 5.68. The van der Waals surface area contributed by atoms with E-state index in [2.05, 4.69) is 26.1 Å². The fraction of sp³-hybridized carbons (Fsp3) is 0.684. The summed E-state index contributed by atoms with van der Waals surface area (Å²) in [6, 6.07) is -0.00803. The van der Waals surface area contributed by atoms with Gasteiger partial charge in [0.05, 0.1) is 12.5 Å². The van der Waals surface area contributed by atoms with Crippen molar-refractivity contribution in [1.82, 2.24) is 20.5 Å². The van der Waals surface area contributed by atoms with Gasteiger partial charge in [0.15, 0.2) is 11.6 Å². The van der Waals surface area contributed by atoms with Gasteiger partial charge in [-0.3, -0.25) is 25.6 Å². The molecule has 10 nitrogen and oxygen atoms in total. The minimum atomic E-state index is -0.778. The fourth-order valence-electron chi connectivity index (χ4n) is 4.04. The average molecular weight is 459 g/mol. The molecule has 1 aliphatic heterocycles. The Morgan fingerprint density at radius 1 is 1.26 bits per heavy atom. The molecule has 3 rings (SSSR count). The molecule has 0 unspecified atom stereocenters. The van der Waals surface area contributed by atoms with Gasteiger partial charge in [0, 0.05) is 19.3 Å². The lowest BCUT2D eigenvalue weighted by molar-refractivity contribution is -0.154. The van der Waals surface area contributed by atoms with E-state index in [9.17, 15) is 19.2 Å². The summed E-state index contributed by atoms with van der Waals surface area (Å²) in [5.74, 6) is -1.92. The van der Waals surface area contributed by atoms with Crippen LogP contribution >= 0.6 is 11.6 Å². The Bertz CT molecular complexity index is 761. The van der Waals surface area contributed by atoms with Gasteiger partial charge in [-0.2, -0.15) is 14.4 Å². The standard InChI is InChI=1S/C19H28ClFN6O4/c20-19-23-16(22-14-5-7-31-8-6-14)15(21)17(24-19)25-26-18(29)13(10-27(30)11-28)9-12-3-1-2-4-12/h11-14,30H,1-10H2,(H,26,29)(H2,22,23,24,25)/t13-/m0/s1. The first-order valence-electron chi connectivity index (χ1n) is 10.5. The Morgan fingerprint density at radius 3 is 2.61 bits per heavy atom. The van der Waals surface area contributed by atoms with E-state index in [0.29, 0.717) is 43.5 Å². The third-order valence-corrected chi connectivity index (χ3v) is 5.85. The molecule has 12 heteroatoms. The molecule has 2 amide bonds. The maximum atomic E-state index is 14.9. The topological polar surface area (TPSA) is 129 Å². The molecule has 1 atom stereocenters. The number of carbonyl (C=O) groups excluding carboxylic acids is 2. The zero-order valence-electron chi connectivity index (χ0n) is 17.1. The van der Waals surface area contributed by atoms with Gasteiger partial charge in [0.2, 0.25) is 23.4 Å². The fourth-order valence-corrected chi connectivity index (χ4v) is 4.21. The highest BCUT2D eigenvalue weighted by molar-refractivity contribution is 6.28. The number of hydrogen-bond donors (Lipinski definition) is 4. The van der Waals surface area contributed by atoms with Crippen LogP contribution < -0.4 is 16.2 Å². The molecule has 1 saturated carbocycles. The van der Waals surface area contributed by atoms with E-state index in [-0.39, 0.29) is 35.9 Å². The number of aromatic nitrogens is 2. The smallest absolute Gasteiger partial charge is 0.243 e. The molecule has 1 aliphatic carbocycles. The van der Waals surface area contributed by atoms with Crippen molar-refractivity contribution in [2.24, 2.45) is 11.8 Å². The second-order valence-electron chi connectivity index (χ2n) is 7.96. The predicted octanol–water partition coefficient (Wildman–Crippen LogP) is 2.35. The molecule has 172 valence electrons. The van der Waals surface area contributed by atoms with Crippen molar-refractivity contribution >= 4 is 35.6 Å². The largest absolute Gasteiger partial charge is 0.381 e. The van der Waals surface area contributed by atoms with Crippen molar-refractivity contribution < 1.29 is 23.9 Å². The van der Waals surface area contributed by atoms with Crippen molar-refractivity contribution in [3.05, 3.63) is 11.1 Å². The molecule has 0 spiro atoms. The first kappa shape index (κ1) is 23.4. The number of ether oxygens (including phenoxy) is 1. The van der Waals surface area contributed by atoms with Crippen molar-refractivity contribution in [3.63, 3.8) is 0 Å². The number of rotatable bonds is 10. The zero-order chi connectivity index (χ0) is 22.2. The summed E-state index contributed by atoms with van der Waals surface area (Å²) >= 11 is 5.93. The van der Waals surface area contributed by atoms with Crippen LogP contribution in [-0.2, 0) is 14.3 Å². The average Bonchev–Trinajstić information content (AvgIpc) is 3.28. The number of nitrogens with one attached hydrogen (secondary N) is 3. The van der Waals surface area contributed by atoms with Crippen LogP contribution in [0.3, 0.4) is 0 Å². The monoisotopic (exact) mass is 458 g/mol. The van der Waals surface area contributed by atoms with Gasteiger partial charge in [0.1, 0.15) is 0 Å². The Labute approximate surface area is 184 Å². The van der Waals surface area contributed by atoms with Gasteiger partial charge >= 0.3 is 0 Å². The van der Waals surface area contributed by atoms with Gasteiger partial charge < -0.3 is 10.1 Å². The van der Waals surface area contributed by atoms with E-state index in [4.69, 9.17) is 16.3 Å². The third kappa shape index (κ3) is 6.88. The van der Waals surface area contributed by atoms with E-state index in [0.717, 1.165) is 25.7 Å². The van der Waals surface area contributed by atoms with Crippen LogP contribution in [0.15, 0.2) is 0 Å². The highest BCUT2D eigenvalue weighted by Gasteiger charge is 2.27. The molecular formula is C19H28ClFN6O4. The SMILES string of the molecule is O=CN(O)C[C@H](CC1CCCC1)C(=O)NNc1nc(Cl)nc(NC2CCOCC2)c1F. The number of hydroxylamine groups is 2. The number of halogens is 2. The van der Waals surface area contributed by atoms with E-state index in [1.54, 1.807) is 0 Å².